The summed E-state index contributed by atoms with van der Waals surface area (Å²) >= 11 is 0. The Labute approximate surface area is 298 Å². The van der Waals surface area contributed by atoms with Crippen LogP contribution in [-0.4, -0.2) is 79.4 Å². The number of nitrogens with zero attached hydrogens (tertiary/aromatic N) is 3. The third kappa shape index (κ3) is 6.78. The van der Waals surface area contributed by atoms with Crippen molar-refractivity contribution in [3.05, 3.63) is 89.5 Å². The lowest BCUT2D eigenvalue weighted by Crippen LogP contribution is -2.54. The van der Waals surface area contributed by atoms with Gasteiger partial charge in [-0.1, -0.05) is 49.4 Å². The lowest BCUT2D eigenvalue weighted by molar-refractivity contribution is -0.154. The molecule has 0 bridgehead atoms. The van der Waals surface area contributed by atoms with Crippen LogP contribution in [0.1, 0.15) is 43.4 Å². The molecule has 5 atom stereocenters. The number of amides is 3. The molecule has 3 heterocycles. The summed E-state index contributed by atoms with van der Waals surface area (Å²) in [6.45, 7) is 7.25. The lowest BCUT2D eigenvalue weighted by Gasteiger charge is -2.39. The first-order chi connectivity index (χ1) is 24.3. The second-order valence-corrected chi connectivity index (χ2v) is 18.0. The lowest BCUT2D eigenvalue weighted by atomic mass is 9.82. The van der Waals surface area contributed by atoms with Gasteiger partial charge in [-0.15, -0.1) is 0 Å². The summed E-state index contributed by atoms with van der Waals surface area (Å²) in [4.78, 5) is 69.0. The van der Waals surface area contributed by atoms with Crippen molar-refractivity contribution >= 4 is 43.4 Å². The normalized spacial score (nSPS) is 24.1. The van der Waals surface area contributed by atoms with Gasteiger partial charge in [0.2, 0.25) is 11.8 Å². The summed E-state index contributed by atoms with van der Waals surface area (Å²) in [5.74, 6) is -1.12. The van der Waals surface area contributed by atoms with Crippen molar-refractivity contribution in [1.82, 2.24) is 4.90 Å². The van der Waals surface area contributed by atoms with Crippen LogP contribution in [0.4, 0.5) is 11.4 Å². The van der Waals surface area contributed by atoms with Crippen molar-refractivity contribution in [1.29, 1.82) is 0 Å². The minimum absolute atomic E-state index is 0.0712. The summed E-state index contributed by atoms with van der Waals surface area (Å²) < 4.78 is 17.7. The number of hydrogen-bond acceptors (Lipinski definition) is 9. The van der Waals surface area contributed by atoms with Crippen molar-refractivity contribution in [2.75, 3.05) is 30.1 Å². The fourth-order valence-electron chi connectivity index (χ4n) is 7.99. The summed E-state index contributed by atoms with van der Waals surface area (Å²) in [5.41, 5.74) is 1.57. The monoisotopic (exact) mass is 715 g/mol. The van der Waals surface area contributed by atoms with E-state index in [9.17, 15) is 29.1 Å². The molecule has 3 aliphatic rings. The first kappa shape index (κ1) is 36.2. The van der Waals surface area contributed by atoms with Crippen LogP contribution in [0.15, 0.2) is 72.8 Å². The zero-order valence-corrected chi connectivity index (χ0v) is 30.6. The van der Waals surface area contributed by atoms with Crippen molar-refractivity contribution in [2.24, 2.45) is 5.92 Å². The van der Waals surface area contributed by atoms with Crippen LogP contribution in [0, 0.1) is 5.92 Å². The molecular weight excluding hydrogens is 671 g/mol. The molecular formula is C38H45N3O9Si. The Hall–Kier alpha value is -4.56. The van der Waals surface area contributed by atoms with Crippen LogP contribution in [0.25, 0.3) is 0 Å². The molecule has 1 spiro atoms. The van der Waals surface area contributed by atoms with Crippen LogP contribution in [0.3, 0.4) is 0 Å². The topological polar surface area (TPSA) is 146 Å². The Kier molecular flexibility index (Phi) is 10.1. The number of rotatable bonds is 12. The maximum atomic E-state index is 14.9. The number of carbonyl (C=O) groups is 4. The summed E-state index contributed by atoms with van der Waals surface area (Å²) in [5, 5.41) is 9.82. The number of fused-ring (bicyclic) bond motifs is 2. The predicted octanol–water partition coefficient (Wildman–Crippen LogP) is 4.08. The average molecular weight is 716 g/mol. The van der Waals surface area contributed by atoms with Crippen molar-refractivity contribution in [2.45, 2.75) is 76.3 Å². The molecule has 3 aromatic carbocycles. The van der Waals surface area contributed by atoms with E-state index in [1.807, 2.05) is 68.5 Å². The Morgan fingerprint density at radius 2 is 1.75 bits per heavy atom. The number of hydrogen-bond donors (Lipinski definition) is 2. The second-order valence-electron chi connectivity index (χ2n) is 14.1. The van der Waals surface area contributed by atoms with E-state index >= 15 is 0 Å². The molecule has 0 saturated carbocycles. The van der Waals surface area contributed by atoms with E-state index in [2.05, 4.69) is 0 Å². The van der Waals surface area contributed by atoms with Crippen molar-refractivity contribution < 1.29 is 43.3 Å². The molecule has 12 nitrogen and oxygen atoms in total. The minimum Gasteiger partial charge on any atom is -0.497 e. The fourth-order valence-corrected chi connectivity index (χ4v) is 10.5. The third-order valence-corrected chi connectivity index (χ3v) is 12.8. The molecule has 2 N–H and O–H groups in total. The highest BCUT2D eigenvalue weighted by Crippen LogP contribution is 2.60. The van der Waals surface area contributed by atoms with E-state index in [4.69, 9.17) is 14.2 Å². The highest BCUT2D eigenvalue weighted by atomic mass is 28.4. The third-order valence-electron chi connectivity index (χ3n) is 10.3. The quantitative estimate of drug-likeness (QED) is 0.161. The highest BCUT2D eigenvalue weighted by Gasteiger charge is 2.66. The van der Waals surface area contributed by atoms with E-state index in [0.717, 1.165) is 11.1 Å². The van der Waals surface area contributed by atoms with Crippen LogP contribution >= 0.6 is 0 Å². The van der Waals surface area contributed by atoms with E-state index < -0.39 is 43.7 Å². The number of ether oxygens (including phenoxy) is 3. The molecule has 2 saturated heterocycles. The van der Waals surface area contributed by atoms with Gasteiger partial charge in [-0.2, -0.15) is 0 Å². The minimum atomic E-state index is -3.05. The first-order valence-corrected chi connectivity index (χ1v) is 20.2. The molecule has 0 radical (unpaired) electrons. The van der Waals surface area contributed by atoms with Gasteiger partial charge in [0.05, 0.1) is 44.9 Å². The number of esters is 1. The number of methoxy groups -OCH3 is 1. The maximum Gasteiger partial charge on any atom is 0.304 e. The van der Waals surface area contributed by atoms with E-state index in [-0.39, 0.29) is 50.3 Å². The standard InChI is InChI=1S/C38H45N3O9Si/c1-24-36(51(4,5)47)32(20-33(44)39(17-18-42)22-26-9-7-6-8-10-26)50-38(24)30-19-29(48-3)15-16-31(30)40(37(38)46)23-27-11-13-28(14-12-27)41-34(45)21-35(41)49-25(2)43/h6-16,19,24,32,35-36,42,47H,17-18,20-23H2,1-5H3/t24-,32+,35?,36-,38+/m1/s1. The number of β-lactam (4-membered cyclic amide) rings is 1. The van der Waals surface area contributed by atoms with Gasteiger partial charge in [0.1, 0.15) is 5.75 Å². The summed E-state index contributed by atoms with van der Waals surface area (Å²) in [6, 6.07) is 22.1. The molecule has 3 aliphatic heterocycles. The summed E-state index contributed by atoms with van der Waals surface area (Å²) in [6.07, 6.45) is -1.36. The second kappa shape index (κ2) is 14.2. The van der Waals surface area contributed by atoms with Gasteiger partial charge in [0.15, 0.2) is 20.1 Å². The molecule has 3 amide bonds. The largest absolute Gasteiger partial charge is 0.497 e. The van der Waals surface area contributed by atoms with Crippen LogP contribution in [0.5, 0.6) is 5.75 Å². The maximum absolute atomic E-state index is 14.9. The number of carbonyl (C=O) groups excluding carboxylic acids is 4. The molecule has 270 valence electrons. The van der Waals surface area contributed by atoms with Gasteiger partial charge in [0, 0.05) is 42.7 Å². The zero-order valence-electron chi connectivity index (χ0n) is 29.6. The molecule has 3 aromatic rings. The van der Waals surface area contributed by atoms with Crippen LogP contribution in [-0.2, 0) is 47.3 Å². The Balaban J connectivity index is 1.30. The van der Waals surface area contributed by atoms with Crippen molar-refractivity contribution in [3.63, 3.8) is 0 Å². The first-order valence-electron chi connectivity index (χ1n) is 17.2. The van der Waals surface area contributed by atoms with Gasteiger partial charge >= 0.3 is 5.97 Å². The van der Waals surface area contributed by atoms with Gasteiger partial charge in [-0.05, 0) is 54.6 Å². The molecule has 2 fully saturated rings. The molecule has 6 rings (SSSR count). The number of anilines is 2. The molecule has 1 unspecified atom stereocenters. The molecule has 13 heteroatoms. The number of aliphatic hydroxyl groups is 1. The summed E-state index contributed by atoms with van der Waals surface area (Å²) in [7, 11) is -1.50. The number of aliphatic hydroxyl groups excluding tert-OH is 1. The van der Waals surface area contributed by atoms with Gasteiger partial charge in [-0.3, -0.25) is 24.1 Å². The average Bonchev–Trinajstić information content (AvgIpc) is 3.51. The van der Waals surface area contributed by atoms with Crippen molar-refractivity contribution in [3.8, 4) is 5.75 Å². The predicted molar refractivity (Wildman–Crippen MR) is 191 cm³/mol. The SMILES string of the molecule is COc1ccc2c(c1)[C@]1(O[C@@H](CC(=O)N(CCO)Cc3ccccc3)[C@H]([Si](C)(C)O)[C@H]1C)C(=O)N2Cc1ccc(N2C(=O)CC2OC(C)=O)cc1. The van der Waals surface area contributed by atoms with Gasteiger partial charge < -0.3 is 33.9 Å². The fraction of sp³-hybridized carbons (Fsp3) is 0.421. The van der Waals surface area contributed by atoms with E-state index in [1.54, 1.807) is 41.2 Å². The van der Waals surface area contributed by atoms with Gasteiger partial charge in [0.25, 0.3) is 5.91 Å². The number of benzene rings is 3. The Bertz CT molecular complexity index is 1800. The molecule has 51 heavy (non-hydrogen) atoms. The molecule has 0 aliphatic carbocycles. The zero-order chi connectivity index (χ0) is 36.7. The Morgan fingerprint density at radius 3 is 2.35 bits per heavy atom. The van der Waals surface area contributed by atoms with Gasteiger partial charge in [-0.25, -0.2) is 0 Å². The Morgan fingerprint density at radius 1 is 1.04 bits per heavy atom. The van der Waals surface area contributed by atoms with E-state index in [0.29, 0.717) is 29.2 Å². The molecule has 0 aromatic heterocycles. The van der Waals surface area contributed by atoms with Crippen LogP contribution in [0.2, 0.25) is 18.6 Å². The van der Waals surface area contributed by atoms with Crippen LogP contribution < -0.4 is 14.5 Å². The van der Waals surface area contributed by atoms with E-state index in [1.165, 1.54) is 11.8 Å². The highest BCUT2D eigenvalue weighted by molar-refractivity contribution is 6.71. The smallest absolute Gasteiger partial charge is 0.304 e.